The summed E-state index contributed by atoms with van der Waals surface area (Å²) in [5, 5.41) is 9.74. The second-order valence-electron chi connectivity index (χ2n) is 6.54. The second kappa shape index (κ2) is 6.78. The van der Waals surface area contributed by atoms with Crippen LogP contribution in [0.25, 0.3) is 0 Å². The number of nitrogens with zero attached hydrogens (tertiary/aromatic N) is 3. The number of benzene rings is 1. The molecule has 1 aromatic carbocycles. The molecule has 2 atom stereocenters. The Morgan fingerprint density at radius 2 is 2.00 bits per heavy atom. The molecular formula is C17H18Cl2N4O2. The van der Waals surface area contributed by atoms with E-state index in [1.54, 1.807) is 5.48 Å². The van der Waals surface area contributed by atoms with Crippen LogP contribution >= 0.6 is 23.2 Å². The first kappa shape index (κ1) is 17.9. The summed E-state index contributed by atoms with van der Waals surface area (Å²) in [5.41, 5.74) is 2.76. The van der Waals surface area contributed by atoms with Gasteiger partial charge in [0.05, 0.1) is 15.6 Å². The van der Waals surface area contributed by atoms with E-state index in [1.165, 1.54) is 12.4 Å². The van der Waals surface area contributed by atoms with Gasteiger partial charge in [0.15, 0.2) is 0 Å². The summed E-state index contributed by atoms with van der Waals surface area (Å²) in [4.78, 5) is 21.9. The Labute approximate surface area is 155 Å². The molecule has 1 amide bonds. The van der Waals surface area contributed by atoms with Crippen LogP contribution in [0.15, 0.2) is 30.6 Å². The van der Waals surface area contributed by atoms with E-state index in [9.17, 15) is 4.79 Å². The molecule has 2 heterocycles. The number of carbonyl (C=O) groups is 1. The average molecular weight is 381 g/mol. The molecule has 0 spiro atoms. The van der Waals surface area contributed by atoms with Gasteiger partial charge in [0, 0.05) is 30.9 Å². The zero-order chi connectivity index (χ0) is 18.2. The Bertz CT molecular complexity index is 800. The van der Waals surface area contributed by atoms with Gasteiger partial charge in [-0.05, 0) is 23.6 Å². The lowest BCUT2D eigenvalue weighted by Gasteiger charge is -2.29. The fourth-order valence-corrected chi connectivity index (χ4v) is 3.49. The standard InChI is InChI=1S/C17H18Cl2N4O2/c1-10-8-23(16-20-6-11(7-21-16)15(24)22-25)9-17(10,2)12-3-4-13(18)14(19)5-12/h3-7,10,25H,8-9H2,1-2H3,(H,22,24)/t10-,17-/m0/s1. The van der Waals surface area contributed by atoms with Crippen molar-refractivity contribution in [1.82, 2.24) is 15.4 Å². The molecule has 1 aliphatic rings. The van der Waals surface area contributed by atoms with Crippen LogP contribution in [0.2, 0.25) is 10.0 Å². The predicted molar refractivity (Wildman–Crippen MR) is 96.5 cm³/mol. The lowest BCUT2D eigenvalue weighted by atomic mass is 9.75. The van der Waals surface area contributed by atoms with Gasteiger partial charge in [0.2, 0.25) is 5.95 Å². The molecule has 3 rings (SSSR count). The van der Waals surface area contributed by atoms with Crippen molar-refractivity contribution < 1.29 is 10.0 Å². The maximum atomic E-state index is 11.4. The highest BCUT2D eigenvalue weighted by atomic mass is 35.5. The van der Waals surface area contributed by atoms with E-state index >= 15 is 0 Å². The summed E-state index contributed by atoms with van der Waals surface area (Å²) >= 11 is 12.2. The SMILES string of the molecule is C[C@H]1CN(c2ncc(C(=O)NO)cn2)C[C@]1(C)c1ccc(Cl)c(Cl)c1. The van der Waals surface area contributed by atoms with Crippen LogP contribution in [0.1, 0.15) is 29.8 Å². The molecule has 1 saturated heterocycles. The summed E-state index contributed by atoms with van der Waals surface area (Å²) < 4.78 is 0. The Kier molecular flexibility index (Phi) is 4.86. The molecule has 0 saturated carbocycles. The molecular weight excluding hydrogens is 363 g/mol. The monoisotopic (exact) mass is 380 g/mol. The van der Waals surface area contributed by atoms with Gasteiger partial charge in [-0.25, -0.2) is 15.4 Å². The highest BCUT2D eigenvalue weighted by Crippen LogP contribution is 2.41. The van der Waals surface area contributed by atoms with Gasteiger partial charge < -0.3 is 4.90 Å². The number of anilines is 1. The lowest BCUT2D eigenvalue weighted by molar-refractivity contribution is 0.0705. The molecule has 1 aliphatic heterocycles. The van der Waals surface area contributed by atoms with Crippen molar-refractivity contribution in [2.45, 2.75) is 19.3 Å². The van der Waals surface area contributed by atoms with Crippen molar-refractivity contribution in [1.29, 1.82) is 0 Å². The Morgan fingerprint density at radius 1 is 1.32 bits per heavy atom. The lowest BCUT2D eigenvalue weighted by Crippen LogP contribution is -2.31. The van der Waals surface area contributed by atoms with Crippen LogP contribution in [0.4, 0.5) is 5.95 Å². The summed E-state index contributed by atoms with van der Waals surface area (Å²) in [6, 6.07) is 5.74. The van der Waals surface area contributed by atoms with Crippen LogP contribution in [0.3, 0.4) is 0 Å². The third kappa shape index (κ3) is 3.29. The number of halogens is 2. The van der Waals surface area contributed by atoms with Crippen molar-refractivity contribution in [2.24, 2.45) is 5.92 Å². The van der Waals surface area contributed by atoms with Crippen molar-refractivity contribution in [3.8, 4) is 0 Å². The van der Waals surface area contributed by atoms with Crippen LogP contribution in [-0.4, -0.2) is 34.2 Å². The zero-order valence-corrected chi connectivity index (χ0v) is 15.3. The summed E-state index contributed by atoms with van der Waals surface area (Å²) in [5.74, 6) is 0.251. The maximum Gasteiger partial charge on any atom is 0.277 e. The number of aromatic nitrogens is 2. The average Bonchev–Trinajstić information content (AvgIpc) is 2.93. The van der Waals surface area contributed by atoms with E-state index in [0.29, 0.717) is 21.9 Å². The summed E-state index contributed by atoms with van der Waals surface area (Å²) in [7, 11) is 0. The molecule has 2 aromatic rings. The Hall–Kier alpha value is -1.89. The first-order valence-corrected chi connectivity index (χ1v) is 8.57. The summed E-state index contributed by atoms with van der Waals surface area (Å²) in [6.07, 6.45) is 2.79. The van der Waals surface area contributed by atoms with Gasteiger partial charge in [-0.2, -0.15) is 0 Å². The fraction of sp³-hybridized carbons (Fsp3) is 0.353. The molecule has 25 heavy (non-hydrogen) atoms. The zero-order valence-electron chi connectivity index (χ0n) is 13.8. The van der Waals surface area contributed by atoms with Crippen molar-refractivity contribution in [3.05, 3.63) is 51.8 Å². The minimum Gasteiger partial charge on any atom is -0.340 e. The molecule has 2 N–H and O–H groups in total. The van der Waals surface area contributed by atoms with Gasteiger partial charge >= 0.3 is 0 Å². The summed E-state index contributed by atoms with van der Waals surface area (Å²) in [6.45, 7) is 5.86. The molecule has 0 radical (unpaired) electrons. The van der Waals surface area contributed by atoms with Gasteiger partial charge in [-0.1, -0.05) is 43.1 Å². The molecule has 8 heteroatoms. The number of hydrogen-bond donors (Lipinski definition) is 2. The fourth-order valence-electron chi connectivity index (χ4n) is 3.19. The van der Waals surface area contributed by atoms with Gasteiger partial charge in [0.1, 0.15) is 0 Å². The van der Waals surface area contributed by atoms with E-state index in [4.69, 9.17) is 28.4 Å². The highest BCUT2D eigenvalue weighted by molar-refractivity contribution is 6.42. The number of carbonyl (C=O) groups excluding carboxylic acids is 1. The molecule has 0 unspecified atom stereocenters. The highest BCUT2D eigenvalue weighted by Gasteiger charge is 2.42. The molecule has 0 bridgehead atoms. The third-order valence-electron chi connectivity index (χ3n) is 4.97. The van der Waals surface area contributed by atoms with Crippen LogP contribution in [0.5, 0.6) is 0 Å². The topological polar surface area (TPSA) is 78.4 Å². The molecule has 6 nitrogen and oxygen atoms in total. The largest absolute Gasteiger partial charge is 0.340 e. The normalized spacial score (nSPS) is 22.9. The molecule has 132 valence electrons. The number of hydrogen-bond acceptors (Lipinski definition) is 5. The van der Waals surface area contributed by atoms with E-state index in [1.807, 2.05) is 18.2 Å². The van der Waals surface area contributed by atoms with Crippen molar-refractivity contribution in [2.75, 3.05) is 18.0 Å². The second-order valence-corrected chi connectivity index (χ2v) is 7.35. The number of hydroxylamine groups is 1. The van der Waals surface area contributed by atoms with Crippen molar-refractivity contribution >= 4 is 35.1 Å². The number of amides is 1. The van der Waals surface area contributed by atoms with Crippen LogP contribution in [-0.2, 0) is 5.41 Å². The Morgan fingerprint density at radius 3 is 2.60 bits per heavy atom. The predicted octanol–water partition coefficient (Wildman–Crippen LogP) is 3.32. The smallest absolute Gasteiger partial charge is 0.277 e. The number of rotatable bonds is 3. The van der Waals surface area contributed by atoms with Crippen LogP contribution < -0.4 is 10.4 Å². The van der Waals surface area contributed by atoms with E-state index in [-0.39, 0.29) is 11.0 Å². The van der Waals surface area contributed by atoms with E-state index < -0.39 is 5.91 Å². The molecule has 1 aromatic heterocycles. The minimum atomic E-state index is -0.637. The number of nitrogens with one attached hydrogen (secondary N) is 1. The maximum absolute atomic E-state index is 11.4. The first-order chi connectivity index (χ1) is 11.8. The molecule has 0 aliphatic carbocycles. The minimum absolute atomic E-state index is 0.126. The Balaban J connectivity index is 1.85. The van der Waals surface area contributed by atoms with Gasteiger partial charge in [-0.15, -0.1) is 0 Å². The van der Waals surface area contributed by atoms with E-state index in [0.717, 1.165) is 18.7 Å². The van der Waals surface area contributed by atoms with Crippen LogP contribution in [0, 0.1) is 5.92 Å². The quantitative estimate of drug-likeness (QED) is 0.630. The van der Waals surface area contributed by atoms with Gasteiger partial charge in [-0.3, -0.25) is 10.0 Å². The van der Waals surface area contributed by atoms with Gasteiger partial charge in [0.25, 0.3) is 5.91 Å². The third-order valence-corrected chi connectivity index (χ3v) is 5.70. The van der Waals surface area contributed by atoms with Crippen molar-refractivity contribution in [3.63, 3.8) is 0 Å². The molecule has 1 fully saturated rings. The first-order valence-electron chi connectivity index (χ1n) is 7.82. The van der Waals surface area contributed by atoms with E-state index in [2.05, 4.69) is 28.7 Å².